The van der Waals surface area contributed by atoms with Crippen molar-refractivity contribution in [3.63, 3.8) is 0 Å². The van der Waals surface area contributed by atoms with Crippen LogP contribution in [0, 0.1) is 0 Å². The molecule has 0 radical (unpaired) electrons. The fourth-order valence-electron chi connectivity index (χ4n) is 3.54. The average molecular weight is 496 g/mol. The van der Waals surface area contributed by atoms with E-state index >= 15 is 0 Å². The minimum absolute atomic E-state index is 0.120. The smallest absolute Gasteiger partial charge is 0.416 e. The fraction of sp³-hybridized carbons (Fsp3) is 0.300. The Kier molecular flexibility index (Phi) is 6.23. The Hall–Kier alpha value is -3.95. The van der Waals surface area contributed by atoms with Gasteiger partial charge in [0.05, 0.1) is 17.5 Å². The van der Waals surface area contributed by atoms with Crippen molar-refractivity contribution in [3.8, 4) is 11.5 Å². The number of imidazole rings is 1. The Balaban J connectivity index is 1.43. The van der Waals surface area contributed by atoms with Crippen LogP contribution in [-0.4, -0.2) is 70.7 Å². The molecule has 0 spiro atoms. The number of hydrogen-bond donors (Lipinski definition) is 6. The van der Waals surface area contributed by atoms with Gasteiger partial charge < -0.3 is 36.2 Å². The van der Waals surface area contributed by atoms with Crippen LogP contribution in [0.25, 0.3) is 11.2 Å². The number of alkyl halides is 3. The molecule has 2 aromatic heterocycles. The molecule has 4 atom stereocenters. The van der Waals surface area contributed by atoms with Gasteiger partial charge in [-0.1, -0.05) is 12.2 Å². The number of aliphatic hydroxyl groups excluding tert-OH is 2. The quantitative estimate of drug-likeness (QED) is 0.214. The summed E-state index contributed by atoms with van der Waals surface area (Å²) in [5.41, 5.74) is 4.21. The Bertz CT molecular complexity index is 1300. The zero-order valence-corrected chi connectivity index (χ0v) is 17.6. The van der Waals surface area contributed by atoms with E-state index in [2.05, 4.69) is 20.3 Å². The third-order valence-electron chi connectivity index (χ3n) is 5.30. The molecule has 4 rings (SSSR count). The Morgan fingerprint density at radius 3 is 2.66 bits per heavy atom. The van der Waals surface area contributed by atoms with Crippen LogP contribution in [0.15, 0.2) is 36.9 Å². The number of amides is 1. The SMILES string of the molecule is Nc1ncnc2c1ncn2C1OC(/C=C/CNC(=O)c2cc(C(F)(F)F)cc(O)c2O)C(O)C1O. The molecule has 3 heterocycles. The molecule has 186 valence electrons. The van der Waals surface area contributed by atoms with Crippen LogP contribution in [-0.2, 0) is 10.9 Å². The Labute approximate surface area is 194 Å². The third-order valence-corrected chi connectivity index (χ3v) is 5.30. The maximum Gasteiger partial charge on any atom is 0.416 e. The zero-order valence-electron chi connectivity index (χ0n) is 17.6. The van der Waals surface area contributed by atoms with Gasteiger partial charge in [0.15, 0.2) is 29.2 Å². The normalized spacial score (nSPS) is 22.8. The largest absolute Gasteiger partial charge is 0.504 e. The first-order chi connectivity index (χ1) is 16.5. The van der Waals surface area contributed by atoms with Crippen molar-refractivity contribution < 1.29 is 43.1 Å². The van der Waals surface area contributed by atoms with Crippen LogP contribution in [0.3, 0.4) is 0 Å². The molecule has 1 amide bonds. The predicted molar refractivity (Wildman–Crippen MR) is 112 cm³/mol. The number of hydrogen-bond acceptors (Lipinski definition) is 10. The number of nitrogens with two attached hydrogens (primary N) is 1. The van der Waals surface area contributed by atoms with E-state index in [0.29, 0.717) is 12.1 Å². The van der Waals surface area contributed by atoms with Crippen LogP contribution < -0.4 is 11.1 Å². The van der Waals surface area contributed by atoms with Gasteiger partial charge in [-0.2, -0.15) is 13.2 Å². The average Bonchev–Trinajstić information content (AvgIpc) is 3.34. The van der Waals surface area contributed by atoms with Gasteiger partial charge in [-0.25, -0.2) is 15.0 Å². The van der Waals surface area contributed by atoms with Crippen molar-refractivity contribution in [2.24, 2.45) is 0 Å². The highest BCUT2D eigenvalue weighted by Crippen LogP contribution is 2.38. The van der Waals surface area contributed by atoms with Gasteiger partial charge in [0.1, 0.15) is 30.2 Å². The molecule has 12 nitrogen and oxygen atoms in total. The van der Waals surface area contributed by atoms with Gasteiger partial charge in [0, 0.05) is 6.54 Å². The Morgan fingerprint density at radius 1 is 1.20 bits per heavy atom. The molecule has 0 bridgehead atoms. The van der Waals surface area contributed by atoms with Gasteiger partial charge in [-0.3, -0.25) is 9.36 Å². The summed E-state index contributed by atoms with van der Waals surface area (Å²) in [7, 11) is 0. The minimum Gasteiger partial charge on any atom is -0.504 e. The number of halogens is 3. The molecular formula is C20H19F3N6O6. The van der Waals surface area contributed by atoms with E-state index in [4.69, 9.17) is 10.5 Å². The molecule has 0 aliphatic carbocycles. The third kappa shape index (κ3) is 4.55. The summed E-state index contributed by atoms with van der Waals surface area (Å²) in [6.07, 6.45) is -4.49. The van der Waals surface area contributed by atoms with Crippen molar-refractivity contribution in [1.82, 2.24) is 24.8 Å². The first-order valence-electron chi connectivity index (χ1n) is 10.0. The lowest BCUT2D eigenvalue weighted by molar-refractivity contribution is -0.137. The molecule has 4 unspecified atom stereocenters. The van der Waals surface area contributed by atoms with E-state index in [9.17, 15) is 38.4 Å². The molecule has 1 aliphatic rings. The predicted octanol–water partition coefficient (Wildman–Crippen LogP) is 0.444. The van der Waals surface area contributed by atoms with E-state index in [1.54, 1.807) is 0 Å². The number of ether oxygens (including phenoxy) is 1. The summed E-state index contributed by atoms with van der Waals surface area (Å²) in [6.45, 7) is -0.236. The molecule has 1 saturated heterocycles. The molecular weight excluding hydrogens is 477 g/mol. The van der Waals surface area contributed by atoms with Crippen LogP contribution in [0.4, 0.5) is 19.0 Å². The molecule has 35 heavy (non-hydrogen) atoms. The number of nitrogen functional groups attached to an aromatic ring is 1. The number of fused-ring (bicyclic) bond motifs is 1. The van der Waals surface area contributed by atoms with Crippen molar-refractivity contribution in [3.05, 3.63) is 48.1 Å². The van der Waals surface area contributed by atoms with E-state index in [1.165, 1.54) is 29.4 Å². The van der Waals surface area contributed by atoms with Crippen LogP contribution in [0.1, 0.15) is 22.1 Å². The van der Waals surface area contributed by atoms with Crippen molar-refractivity contribution in [2.45, 2.75) is 30.7 Å². The maximum atomic E-state index is 12.9. The molecule has 7 N–H and O–H groups in total. The number of aliphatic hydroxyl groups is 2. The molecule has 1 fully saturated rings. The zero-order chi connectivity index (χ0) is 25.5. The number of phenolic OH excluding ortho intramolecular Hbond substituents is 2. The van der Waals surface area contributed by atoms with Crippen LogP contribution in [0.5, 0.6) is 11.5 Å². The second kappa shape index (κ2) is 9.01. The number of phenols is 2. The molecule has 3 aromatic rings. The van der Waals surface area contributed by atoms with Gasteiger partial charge in [-0.05, 0) is 12.1 Å². The van der Waals surface area contributed by atoms with Crippen LogP contribution in [0.2, 0.25) is 0 Å². The molecule has 15 heteroatoms. The topological polar surface area (TPSA) is 189 Å². The minimum atomic E-state index is -4.84. The summed E-state index contributed by atoms with van der Waals surface area (Å²) in [5.74, 6) is -3.06. The molecule has 1 aromatic carbocycles. The lowest BCUT2D eigenvalue weighted by Gasteiger charge is -2.16. The number of carbonyl (C=O) groups excluding carboxylic acids is 1. The van der Waals surface area contributed by atoms with E-state index < -0.39 is 59.2 Å². The molecule has 1 aliphatic heterocycles. The lowest BCUT2D eigenvalue weighted by Crippen LogP contribution is -2.31. The van der Waals surface area contributed by atoms with Crippen molar-refractivity contribution >= 4 is 22.9 Å². The van der Waals surface area contributed by atoms with Gasteiger partial charge >= 0.3 is 6.18 Å². The van der Waals surface area contributed by atoms with Gasteiger partial charge in [-0.15, -0.1) is 0 Å². The number of aromatic hydroxyl groups is 2. The highest BCUT2D eigenvalue weighted by molar-refractivity contribution is 5.98. The van der Waals surface area contributed by atoms with E-state index in [-0.39, 0.29) is 23.5 Å². The highest BCUT2D eigenvalue weighted by atomic mass is 19.4. The van der Waals surface area contributed by atoms with Crippen LogP contribution >= 0.6 is 0 Å². The van der Waals surface area contributed by atoms with E-state index in [0.717, 1.165) is 0 Å². The first-order valence-corrected chi connectivity index (χ1v) is 10.0. The number of nitrogens with one attached hydrogen (secondary N) is 1. The Morgan fingerprint density at radius 2 is 1.94 bits per heavy atom. The summed E-state index contributed by atoms with van der Waals surface area (Å²) >= 11 is 0. The number of nitrogens with zero attached hydrogens (tertiary/aromatic N) is 4. The second-order valence-electron chi connectivity index (χ2n) is 7.58. The second-order valence-corrected chi connectivity index (χ2v) is 7.58. The highest BCUT2D eigenvalue weighted by Gasteiger charge is 2.43. The number of rotatable bonds is 5. The van der Waals surface area contributed by atoms with Gasteiger partial charge in [0.2, 0.25) is 0 Å². The number of aromatic nitrogens is 4. The standard InChI is InChI=1S/C20H19F3N6O6/c21-20(22,23)8-4-9(13(31)10(30)5-8)18(34)25-3-1-2-11-14(32)15(33)19(35-11)29-7-28-12-16(24)26-6-27-17(12)29/h1-2,4-7,11,14-15,19,30-33H,3H2,(H,25,34)(H2,24,26,27)/b2-1+. The number of anilines is 1. The summed E-state index contributed by atoms with van der Waals surface area (Å²) in [5, 5.41) is 42.3. The summed E-state index contributed by atoms with van der Waals surface area (Å²) in [6, 6.07) is 0.709. The maximum absolute atomic E-state index is 12.9. The first kappa shape index (κ1) is 24.2. The number of carbonyl (C=O) groups is 1. The number of benzene rings is 1. The summed E-state index contributed by atoms with van der Waals surface area (Å²) in [4.78, 5) is 24.2. The van der Waals surface area contributed by atoms with Crippen molar-refractivity contribution in [1.29, 1.82) is 0 Å². The van der Waals surface area contributed by atoms with Crippen molar-refractivity contribution in [2.75, 3.05) is 12.3 Å². The molecule has 0 saturated carbocycles. The fourth-order valence-corrected chi connectivity index (χ4v) is 3.54. The summed E-state index contributed by atoms with van der Waals surface area (Å²) < 4.78 is 45.8. The van der Waals surface area contributed by atoms with Gasteiger partial charge in [0.25, 0.3) is 5.91 Å². The van der Waals surface area contributed by atoms with E-state index in [1.807, 2.05) is 0 Å². The lowest BCUT2D eigenvalue weighted by atomic mass is 10.1. The monoisotopic (exact) mass is 496 g/mol.